The molecular weight excluding hydrogens is 210 g/mol. The predicted molar refractivity (Wildman–Crippen MR) is 69.2 cm³/mol. The molecule has 0 bridgehead atoms. The molecule has 2 heteroatoms. The van der Waals surface area contributed by atoms with Crippen LogP contribution in [-0.2, 0) is 6.42 Å². The van der Waals surface area contributed by atoms with Crippen molar-refractivity contribution in [2.75, 3.05) is 0 Å². The molecule has 0 aliphatic carbocycles. The number of para-hydroxylation sites is 1. The molecule has 1 aromatic rings. The Morgan fingerprint density at radius 2 is 2.06 bits per heavy atom. The summed E-state index contributed by atoms with van der Waals surface area (Å²) in [5.74, 6) is 1.01. The lowest BCUT2D eigenvalue weighted by Crippen LogP contribution is -1.90. The zero-order valence-electron chi connectivity index (χ0n) is 9.94. The highest BCUT2D eigenvalue weighted by atomic mass is 16.3. The summed E-state index contributed by atoms with van der Waals surface area (Å²) in [5, 5.41) is 1.22. The van der Waals surface area contributed by atoms with Crippen LogP contribution in [0.25, 0.3) is 22.2 Å². The Balaban J connectivity index is 2.18. The van der Waals surface area contributed by atoms with Gasteiger partial charge < -0.3 is 4.42 Å². The van der Waals surface area contributed by atoms with Crippen LogP contribution in [0.3, 0.4) is 0 Å². The lowest BCUT2D eigenvalue weighted by molar-refractivity contribution is 0.484. The van der Waals surface area contributed by atoms with E-state index in [0.717, 1.165) is 29.8 Å². The second kappa shape index (κ2) is 4.21. The summed E-state index contributed by atoms with van der Waals surface area (Å²) in [6, 6.07) is 10.3. The number of benzene rings is 1. The summed E-state index contributed by atoms with van der Waals surface area (Å²) < 4.78 is 5.61. The zero-order chi connectivity index (χ0) is 11.7. The Bertz CT molecular complexity index is 611. The molecule has 0 unspecified atom stereocenters. The van der Waals surface area contributed by atoms with Gasteiger partial charge in [0, 0.05) is 17.4 Å². The number of aromatic nitrogens is 1. The minimum atomic E-state index is 0.969. The number of fused-ring (bicyclic) bond motifs is 3. The largest absolute Gasteiger partial charge is 0.467 e. The average molecular weight is 225 g/mol. The normalized spacial score (nSPS) is 11.4. The maximum Gasteiger partial charge on any atom is 0.129 e. The molecule has 1 aromatic carbocycles. The van der Waals surface area contributed by atoms with Gasteiger partial charge in [0.1, 0.15) is 11.5 Å². The summed E-state index contributed by atoms with van der Waals surface area (Å²) in [4.78, 5) is 4.67. The maximum absolute atomic E-state index is 5.61. The fourth-order valence-corrected chi connectivity index (χ4v) is 2.24. The molecule has 3 rings (SSSR count). The monoisotopic (exact) mass is 225 g/mol. The molecule has 2 nitrogen and oxygen atoms in total. The quantitative estimate of drug-likeness (QED) is 0.665. The second-order valence-electron chi connectivity index (χ2n) is 4.34. The first-order valence-electron chi connectivity index (χ1n) is 6.15. The highest BCUT2D eigenvalue weighted by Gasteiger charge is 2.16. The van der Waals surface area contributed by atoms with Crippen LogP contribution in [0.1, 0.15) is 25.5 Å². The minimum absolute atomic E-state index is 0.969. The van der Waals surface area contributed by atoms with Gasteiger partial charge in [-0.1, -0.05) is 31.5 Å². The van der Waals surface area contributed by atoms with Gasteiger partial charge in [0.15, 0.2) is 0 Å². The van der Waals surface area contributed by atoms with Gasteiger partial charge in [-0.15, -0.1) is 0 Å². The summed E-state index contributed by atoms with van der Waals surface area (Å²) >= 11 is 0. The van der Waals surface area contributed by atoms with Crippen molar-refractivity contribution < 1.29 is 4.42 Å². The highest BCUT2D eigenvalue weighted by molar-refractivity contribution is 5.97. The first-order chi connectivity index (χ1) is 8.40. The molecule has 0 saturated heterocycles. The third kappa shape index (κ3) is 1.70. The number of nitrogens with zero attached hydrogens (tertiary/aromatic N) is 1. The van der Waals surface area contributed by atoms with Gasteiger partial charge in [-0.3, -0.25) is 0 Å². The Morgan fingerprint density at radius 1 is 1.18 bits per heavy atom. The van der Waals surface area contributed by atoms with Crippen molar-refractivity contribution in [2.45, 2.75) is 26.2 Å². The summed E-state index contributed by atoms with van der Waals surface area (Å²) in [5.41, 5.74) is 3.29. The van der Waals surface area contributed by atoms with Gasteiger partial charge in [-0.2, -0.15) is 0 Å². The first kappa shape index (κ1) is 10.3. The van der Waals surface area contributed by atoms with Crippen LogP contribution in [0.15, 0.2) is 41.0 Å². The highest BCUT2D eigenvalue weighted by Crippen LogP contribution is 2.33. The fraction of sp³-hybridized carbons (Fsp3) is 0.267. The van der Waals surface area contributed by atoms with E-state index in [-0.39, 0.29) is 0 Å². The van der Waals surface area contributed by atoms with Gasteiger partial charge in [0.2, 0.25) is 0 Å². The van der Waals surface area contributed by atoms with Gasteiger partial charge >= 0.3 is 0 Å². The van der Waals surface area contributed by atoms with Gasteiger partial charge in [0.25, 0.3) is 0 Å². The number of aryl methyl sites for hydroxylation is 1. The van der Waals surface area contributed by atoms with Crippen LogP contribution >= 0.6 is 0 Å². The SMILES string of the molecule is CCCCc1occc2c3ccccc3nc1-2. The van der Waals surface area contributed by atoms with Crippen LogP contribution in [0.5, 0.6) is 0 Å². The van der Waals surface area contributed by atoms with E-state index in [9.17, 15) is 0 Å². The van der Waals surface area contributed by atoms with E-state index < -0.39 is 0 Å². The average Bonchev–Trinajstić information content (AvgIpc) is 2.75. The first-order valence-corrected chi connectivity index (χ1v) is 6.15. The summed E-state index contributed by atoms with van der Waals surface area (Å²) in [6.07, 6.45) is 5.07. The lowest BCUT2D eigenvalue weighted by Gasteiger charge is -2.04. The van der Waals surface area contributed by atoms with Crippen molar-refractivity contribution >= 4 is 10.9 Å². The molecule has 0 atom stereocenters. The van der Waals surface area contributed by atoms with Gasteiger partial charge in [-0.25, -0.2) is 4.98 Å². The topological polar surface area (TPSA) is 26.0 Å². The van der Waals surface area contributed by atoms with Crippen LogP contribution < -0.4 is 0 Å². The summed E-state index contributed by atoms with van der Waals surface area (Å²) in [7, 11) is 0. The van der Waals surface area contributed by atoms with Crippen molar-refractivity contribution in [3.63, 3.8) is 0 Å². The number of rotatable bonds is 3. The van der Waals surface area contributed by atoms with Crippen molar-refractivity contribution in [2.24, 2.45) is 0 Å². The maximum atomic E-state index is 5.61. The molecule has 0 fully saturated rings. The van der Waals surface area contributed by atoms with E-state index in [1.165, 1.54) is 17.4 Å². The van der Waals surface area contributed by atoms with E-state index >= 15 is 0 Å². The molecule has 86 valence electrons. The Labute approximate surface area is 101 Å². The third-order valence-corrected chi connectivity index (χ3v) is 3.15. The van der Waals surface area contributed by atoms with Crippen LogP contribution in [0.2, 0.25) is 0 Å². The van der Waals surface area contributed by atoms with Gasteiger partial charge in [-0.05, 0) is 18.6 Å². The van der Waals surface area contributed by atoms with E-state index in [1.54, 1.807) is 6.26 Å². The Kier molecular flexibility index (Phi) is 2.56. The third-order valence-electron chi connectivity index (χ3n) is 3.15. The number of hydrogen-bond donors (Lipinski definition) is 0. The standard InChI is InChI=1S/C15H15NO/c1-2-3-8-14-15-12(9-10-17-14)11-6-4-5-7-13(11)16-15/h4-7,9-10H,2-3,8H2,1H3. The van der Waals surface area contributed by atoms with Crippen molar-refractivity contribution in [3.8, 4) is 11.3 Å². The second-order valence-corrected chi connectivity index (χ2v) is 4.34. The van der Waals surface area contributed by atoms with E-state index in [4.69, 9.17) is 4.42 Å². The predicted octanol–water partition coefficient (Wildman–Crippen LogP) is 4.28. The number of unbranched alkanes of at least 4 members (excludes halogenated alkanes) is 1. The molecule has 2 aliphatic rings. The molecule has 2 aliphatic heterocycles. The lowest BCUT2D eigenvalue weighted by atomic mass is 10.1. The minimum Gasteiger partial charge on any atom is -0.467 e. The molecule has 0 saturated carbocycles. The van der Waals surface area contributed by atoms with Crippen LogP contribution in [0.4, 0.5) is 0 Å². The van der Waals surface area contributed by atoms with E-state index in [2.05, 4.69) is 30.1 Å². The van der Waals surface area contributed by atoms with Crippen LogP contribution in [-0.4, -0.2) is 4.98 Å². The van der Waals surface area contributed by atoms with E-state index in [0.29, 0.717) is 0 Å². The molecule has 0 radical (unpaired) electrons. The molecular formula is C15H15NO. The van der Waals surface area contributed by atoms with Gasteiger partial charge in [0.05, 0.1) is 11.8 Å². The zero-order valence-corrected chi connectivity index (χ0v) is 9.94. The fourth-order valence-electron chi connectivity index (χ4n) is 2.24. The summed E-state index contributed by atoms with van der Waals surface area (Å²) in [6.45, 7) is 2.19. The molecule has 17 heavy (non-hydrogen) atoms. The Morgan fingerprint density at radius 3 is 2.94 bits per heavy atom. The molecule has 0 N–H and O–H groups in total. The van der Waals surface area contributed by atoms with Crippen LogP contribution in [0, 0.1) is 0 Å². The Hall–Kier alpha value is -1.83. The van der Waals surface area contributed by atoms with Crippen molar-refractivity contribution in [1.29, 1.82) is 0 Å². The number of hydrogen-bond acceptors (Lipinski definition) is 2. The molecule has 0 spiro atoms. The van der Waals surface area contributed by atoms with Crippen molar-refractivity contribution in [3.05, 3.63) is 42.4 Å². The molecule has 0 amide bonds. The van der Waals surface area contributed by atoms with E-state index in [1.807, 2.05) is 12.1 Å². The molecule has 2 heterocycles. The van der Waals surface area contributed by atoms with Crippen molar-refractivity contribution in [1.82, 2.24) is 4.98 Å². The molecule has 0 aromatic heterocycles. The smallest absolute Gasteiger partial charge is 0.129 e.